The maximum Gasteiger partial charge on any atom is -0.0417 e. The Morgan fingerprint density at radius 3 is 1.11 bits per heavy atom. The van der Waals surface area contributed by atoms with E-state index >= 15 is 0 Å². The number of unbranched alkanes of at least 4 members (excludes halogenated alkanes) is 4. The second-order valence-corrected chi connectivity index (χ2v) is 6.74. The van der Waals surface area contributed by atoms with E-state index in [0.717, 1.165) is 23.7 Å². The predicted octanol–water partition coefficient (Wildman–Crippen LogP) is 7.57. The van der Waals surface area contributed by atoms with Crippen LogP contribution in [0.5, 0.6) is 0 Å². The van der Waals surface area contributed by atoms with Gasteiger partial charge in [-0.1, -0.05) is 94.9 Å². The molecule has 0 N–H and O–H groups in total. The number of rotatable bonds is 8. The van der Waals surface area contributed by atoms with Crippen LogP contribution in [0.25, 0.3) is 0 Å². The zero-order valence-corrected chi connectivity index (χ0v) is 14.6. The van der Waals surface area contributed by atoms with Crippen molar-refractivity contribution in [2.75, 3.05) is 0 Å². The highest BCUT2D eigenvalue weighted by Crippen LogP contribution is 2.23. The van der Waals surface area contributed by atoms with Crippen molar-refractivity contribution in [3.63, 3.8) is 0 Å². The number of hydrogen-bond donors (Lipinski definition) is 0. The molecule has 0 heterocycles. The minimum Gasteiger partial charge on any atom is -0.0776 e. The van der Waals surface area contributed by atoms with Crippen LogP contribution in [0.1, 0.15) is 101 Å². The second kappa shape index (κ2) is 16.1. The van der Waals surface area contributed by atoms with E-state index in [1.165, 1.54) is 38.5 Å². The van der Waals surface area contributed by atoms with Gasteiger partial charge < -0.3 is 0 Å². The molecule has 0 aromatic heterocycles. The molecule has 120 valence electrons. The van der Waals surface area contributed by atoms with Crippen LogP contribution in [-0.2, 0) is 0 Å². The summed E-state index contributed by atoms with van der Waals surface area (Å²) in [5.41, 5.74) is 0. The molecule has 2 atom stereocenters. The molecule has 0 heteroatoms. The van der Waals surface area contributed by atoms with Crippen molar-refractivity contribution in [3.8, 4) is 0 Å². The SMILES string of the molecule is C.CC(C)C(C)CC(C)C(C)C.CCCCCCC. The van der Waals surface area contributed by atoms with Gasteiger partial charge in [0, 0.05) is 0 Å². The van der Waals surface area contributed by atoms with E-state index in [2.05, 4.69) is 55.4 Å². The molecule has 0 aromatic carbocycles. The Kier molecular flexibility index (Phi) is 20.3. The quantitative estimate of drug-likeness (QED) is 0.400. The summed E-state index contributed by atoms with van der Waals surface area (Å²) in [6, 6.07) is 0. The van der Waals surface area contributed by atoms with Crippen molar-refractivity contribution in [1.29, 1.82) is 0 Å². The van der Waals surface area contributed by atoms with Crippen molar-refractivity contribution in [1.82, 2.24) is 0 Å². The smallest absolute Gasteiger partial charge is 0.0417 e. The van der Waals surface area contributed by atoms with Gasteiger partial charge in [0.1, 0.15) is 0 Å². The molecular weight excluding hydrogens is 228 g/mol. The van der Waals surface area contributed by atoms with Gasteiger partial charge in [-0.3, -0.25) is 0 Å². The molecule has 0 aliphatic heterocycles. The van der Waals surface area contributed by atoms with Crippen LogP contribution in [0.2, 0.25) is 0 Å². The lowest BCUT2D eigenvalue weighted by Crippen LogP contribution is -2.12. The Balaban J connectivity index is -0.000000280. The van der Waals surface area contributed by atoms with Gasteiger partial charge in [0.2, 0.25) is 0 Å². The molecule has 0 saturated heterocycles. The minimum absolute atomic E-state index is 0. The summed E-state index contributed by atoms with van der Waals surface area (Å²) in [6.07, 6.45) is 8.39. The Morgan fingerprint density at radius 2 is 0.895 bits per heavy atom. The molecular formula is C19H44. The molecule has 0 bridgehead atoms. The summed E-state index contributed by atoms with van der Waals surface area (Å²) in [6.45, 7) is 18.5. The summed E-state index contributed by atoms with van der Waals surface area (Å²) in [4.78, 5) is 0. The number of hydrogen-bond acceptors (Lipinski definition) is 0. The highest BCUT2D eigenvalue weighted by atomic mass is 14.2. The van der Waals surface area contributed by atoms with Gasteiger partial charge in [0.05, 0.1) is 0 Å². The molecule has 2 unspecified atom stereocenters. The first-order chi connectivity index (χ1) is 8.36. The van der Waals surface area contributed by atoms with Crippen molar-refractivity contribution < 1.29 is 0 Å². The minimum atomic E-state index is 0. The molecule has 0 aromatic rings. The first-order valence-electron chi connectivity index (χ1n) is 8.36. The lowest BCUT2D eigenvalue weighted by Gasteiger charge is -2.22. The zero-order valence-electron chi connectivity index (χ0n) is 14.6. The largest absolute Gasteiger partial charge is 0.0776 e. The highest BCUT2D eigenvalue weighted by molar-refractivity contribution is 4.64. The normalized spacial score (nSPS) is 13.6. The van der Waals surface area contributed by atoms with E-state index in [9.17, 15) is 0 Å². The average Bonchev–Trinajstić information content (AvgIpc) is 2.30. The third-order valence-corrected chi connectivity index (χ3v) is 4.23. The van der Waals surface area contributed by atoms with E-state index in [0.29, 0.717) is 0 Å². The van der Waals surface area contributed by atoms with E-state index in [1.807, 2.05) is 0 Å². The van der Waals surface area contributed by atoms with Gasteiger partial charge in [-0.25, -0.2) is 0 Å². The first kappa shape index (κ1) is 24.0. The van der Waals surface area contributed by atoms with Crippen LogP contribution in [0.3, 0.4) is 0 Å². The summed E-state index contributed by atoms with van der Waals surface area (Å²) >= 11 is 0. The summed E-state index contributed by atoms with van der Waals surface area (Å²) < 4.78 is 0. The molecule has 0 saturated carbocycles. The molecule has 0 fully saturated rings. The van der Waals surface area contributed by atoms with Crippen molar-refractivity contribution >= 4 is 0 Å². The van der Waals surface area contributed by atoms with Gasteiger partial charge >= 0.3 is 0 Å². The monoisotopic (exact) mass is 272 g/mol. The lowest BCUT2D eigenvalue weighted by atomic mass is 9.84. The molecule has 0 nitrogen and oxygen atoms in total. The van der Waals surface area contributed by atoms with Gasteiger partial charge in [-0.2, -0.15) is 0 Å². The lowest BCUT2D eigenvalue weighted by molar-refractivity contribution is 0.283. The molecule has 0 amide bonds. The molecule has 0 spiro atoms. The molecule has 0 radical (unpaired) electrons. The van der Waals surface area contributed by atoms with Crippen molar-refractivity contribution in [3.05, 3.63) is 0 Å². The topological polar surface area (TPSA) is 0 Å². The van der Waals surface area contributed by atoms with Crippen LogP contribution in [0.15, 0.2) is 0 Å². The van der Waals surface area contributed by atoms with Crippen LogP contribution < -0.4 is 0 Å². The summed E-state index contributed by atoms with van der Waals surface area (Å²) in [5.74, 6) is 3.45. The van der Waals surface area contributed by atoms with Gasteiger partial charge in [-0.05, 0) is 30.1 Å². The maximum atomic E-state index is 2.36. The Hall–Kier alpha value is 0. The molecule has 19 heavy (non-hydrogen) atoms. The van der Waals surface area contributed by atoms with Crippen LogP contribution >= 0.6 is 0 Å². The van der Waals surface area contributed by atoms with Gasteiger partial charge in [0.25, 0.3) is 0 Å². The predicted molar refractivity (Wildman–Crippen MR) is 93.8 cm³/mol. The van der Waals surface area contributed by atoms with Crippen LogP contribution in [0.4, 0.5) is 0 Å². The van der Waals surface area contributed by atoms with Crippen LogP contribution in [0, 0.1) is 23.7 Å². The first-order valence-corrected chi connectivity index (χ1v) is 8.36. The van der Waals surface area contributed by atoms with E-state index in [4.69, 9.17) is 0 Å². The van der Waals surface area contributed by atoms with E-state index < -0.39 is 0 Å². The molecule has 0 aliphatic carbocycles. The fourth-order valence-electron chi connectivity index (χ4n) is 1.81. The third-order valence-electron chi connectivity index (χ3n) is 4.23. The average molecular weight is 273 g/mol. The summed E-state index contributed by atoms with van der Waals surface area (Å²) in [5, 5.41) is 0. The highest BCUT2D eigenvalue weighted by Gasteiger charge is 2.13. The maximum absolute atomic E-state index is 2.36. The Morgan fingerprint density at radius 1 is 0.579 bits per heavy atom. The zero-order chi connectivity index (χ0) is 14.6. The van der Waals surface area contributed by atoms with E-state index in [1.54, 1.807) is 0 Å². The van der Waals surface area contributed by atoms with Crippen LogP contribution in [-0.4, -0.2) is 0 Å². The van der Waals surface area contributed by atoms with E-state index in [-0.39, 0.29) is 7.43 Å². The standard InChI is InChI=1S/C11H24.C7H16.CH4/c1-8(2)10(5)7-11(6)9(3)4;1-3-5-7-6-4-2;/h8-11H,7H2,1-6H3;3-7H2,1-2H3;1H4. The third kappa shape index (κ3) is 18.0. The van der Waals surface area contributed by atoms with Gasteiger partial charge in [0.15, 0.2) is 0 Å². The second-order valence-electron chi connectivity index (χ2n) is 6.74. The molecule has 0 aliphatic rings. The fourth-order valence-corrected chi connectivity index (χ4v) is 1.81. The van der Waals surface area contributed by atoms with Crippen molar-refractivity contribution in [2.45, 2.75) is 101 Å². The van der Waals surface area contributed by atoms with Crippen molar-refractivity contribution in [2.24, 2.45) is 23.7 Å². The Labute approximate surface area is 125 Å². The Bertz CT molecular complexity index is 130. The summed E-state index contributed by atoms with van der Waals surface area (Å²) in [7, 11) is 0. The molecule has 0 rings (SSSR count). The fraction of sp³-hybridized carbons (Fsp3) is 1.00. The van der Waals surface area contributed by atoms with Gasteiger partial charge in [-0.15, -0.1) is 0 Å².